The van der Waals surface area contributed by atoms with Crippen molar-refractivity contribution in [2.75, 3.05) is 13.1 Å². The predicted octanol–water partition coefficient (Wildman–Crippen LogP) is 1.14. The SMILES string of the molecule is CCC(=O)N1CCC[C@@H]1[C@@H]1CCCN1. The van der Waals surface area contributed by atoms with E-state index in [4.69, 9.17) is 0 Å². The first-order valence-corrected chi connectivity index (χ1v) is 5.85. The van der Waals surface area contributed by atoms with Crippen molar-refractivity contribution in [3.63, 3.8) is 0 Å². The van der Waals surface area contributed by atoms with E-state index in [-0.39, 0.29) is 0 Å². The average molecular weight is 196 g/mol. The van der Waals surface area contributed by atoms with Gasteiger partial charge in [-0.25, -0.2) is 0 Å². The molecule has 2 aliphatic heterocycles. The average Bonchev–Trinajstić information content (AvgIpc) is 2.85. The number of amides is 1. The molecule has 0 aromatic heterocycles. The zero-order chi connectivity index (χ0) is 9.97. The van der Waals surface area contributed by atoms with Gasteiger partial charge in [0.05, 0.1) is 0 Å². The van der Waals surface area contributed by atoms with Gasteiger partial charge < -0.3 is 10.2 Å². The summed E-state index contributed by atoms with van der Waals surface area (Å²) >= 11 is 0. The molecular weight excluding hydrogens is 176 g/mol. The van der Waals surface area contributed by atoms with Crippen LogP contribution in [-0.4, -0.2) is 36.0 Å². The Labute approximate surface area is 85.8 Å². The van der Waals surface area contributed by atoms with E-state index in [1.807, 2.05) is 6.92 Å². The maximum absolute atomic E-state index is 11.7. The smallest absolute Gasteiger partial charge is 0.222 e. The number of nitrogens with zero attached hydrogens (tertiary/aromatic N) is 1. The van der Waals surface area contributed by atoms with Crippen LogP contribution < -0.4 is 5.32 Å². The van der Waals surface area contributed by atoms with Crippen LogP contribution in [0.4, 0.5) is 0 Å². The summed E-state index contributed by atoms with van der Waals surface area (Å²) in [5, 5.41) is 3.51. The Morgan fingerprint density at radius 2 is 2.29 bits per heavy atom. The third-order valence-electron chi connectivity index (χ3n) is 3.48. The number of likely N-dealkylation sites (tertiary alicyclic amines) is 1. The van der Waals surface area contributed by atoms with Crippen LogP contribution in [0, 0.1) is 0 Å². The van der Waals surface area contributed by atoms with Crippen LogP contribution in [0.25, 0.3) is 0 Å². The molecule has 0 aromatic carbocycles. The molecule has 3 heteroatoms. The van der Waals surface area contributed by atoms with Crippen LogP contribution in [-0.2, 0) is 4.79 Å². The maximum atomic E-state index is 11.7. The number of hydrogen-bond acceptors (Lipinski definition) is 2. The standard InChI is InChI=1S/C11H20N2O/c1-2-11(14)13-8-4-6-10(13)9-5-3-7-12-9/h9-10,12H,2-8H2,1H3/t9-,10+/m0/s1. The zero-order valence-electron chi connectivity index (χ0n) is 8.96. The predicted molar refractivity (Wildman–Crippen MR) is 56.1 cm³/mol. The van der Waals surface area contributed by atoms with Crippen LogP contribution in [0.5, 0.6) is 0 Å². The number of rotatable bonds is 2. The molecule has 0 aromatic rings. The normalized spacial score (nSPS) is 32.5. The Hall–Kier alpha value is -0.570. The summed E-state index contributed by atoms with van der Waals surface area (Å²) in [7, 11) is 0. The summed E-state index contributed by atoms with van der Waals surface area (Å²) in [5.41, 5.74) is 0. The molecule has 0 spiro atoms. The first-order chi connectivity index (χ1) is 6.83. The van der Waals surface area contributed by atoms with Gasteiger partial charge in [0, 0.05) is 25.0 Å². The van der Waals surface area contributed by atoms with Gasteiger partial charge in [0.15, 0.2) is 0 Å². The number of hydrogen-bond donors (Lipinski definition) is 1. The highest BCUT2D eigenvalue weighted by molar-refractivity contribution is 5.76. The molecule has 2 aliphatic rings. The summed E-state index contributed by atoms with van der Waals surface area (Å²) in [5.74, 6) is 0.334. The van der Waals surface area contributed by atoms with Crippen molar-refractivity contribution in [1.29, 1.82) is 0 Å². The maximum Gasteiger partial charge on any atom is 0.222 e. The molecule has 2 saturated heterocycles. The van der Waals surface area contributed by atoms with E-state index in [0.29, 0.717) is 24.4 Å². The van der Waals surface area contributed by atoms with Crippen LogP contribution in [0.15, 0.2) is 0 Å². The van der Waals surface area contributed by atoms with Gasteiger partial charge in [-0.15, -0.1) is 0 Å². The summed E-state index contributed by atoms with van der Waals surface area (Å²) in [6, 6.07) is 1.07. The Morgan fingerprint density at radius 3 is 2.93 bits per heavy atom. The fourth-order valence-corrected chi connectivity index (χ4v) is 2.76. The molecule has 1 amide bonds. The summed E-state index contributed by atoms with van der Waals surface area (Å²) in [6.45, 7) is 4.07. The van der Waals surface area contributed by atoms with E-state index in [9.17, 15) is 4.79 Å². The number of nitrogens with one attached hydrogen (secondary N) is 1. The lowest BCUT2D eigenvalue weighted by atomic mass is 10.0. The van der Waals surface area contributed by atoms with Crippen molar-refractivity contribution in [3.05, 3.63) is 0 Å². The van der Waals surface area contributed by atoms with E-state index < -0.39 is 0 Å². The molecule has 80 valence electrons. The first kappa shape index (κ1) is 9.97. The first-order valence-electron chi connectivity index (χ1n) is 5.85. The minimum Gasteiger partial charge on any atom is -0.338 e. The highest BCUT2D eigenvalue weighted by Crippen LogP contribution is 2.25. The zero-order valence-corrected chi connectivity index (χ0v) is 8.96. The number of carbonyl (C=O) groups excluding carboxylic acids is 1. The Kier molecular flexibility index (Phi) is 3.06. The molecule has 2 fully saturated rings. The molecule has 2 atom stereocenters. The second-order valence-corrected chi connectivity index (χ2v) is 4.35. The Bertz CT molecular complexity index is 211. The van der Waals surface area contributed by atoms with Gasteiger partial charge >= 0.3 is 0 Å². The molecule has 0 aliphatic carbocycles. The third-order valence-corrected chi connectivity index (χ3v) is 3.48. The largest absolute Gasteiger partial charge is 0.338 e. The van der Waals surface area contributed by atoms with Crippen molar-refractivity contribution >= 4 is 5.91 Å². The van der Waals surface area contributed by atoms with E-state index >= 15 is 0 Å². The summed E-state index contributed by atoms with van der Waals surface area (Å²) in [6.07, 6.45) is 5.56. The topological polar surface area (TPSA) is 32.3 Å². The van der Waals surface area contributed by atoms with Gasteiger partial charge in [-0.05, 0) is 32.2 Å². The molecule has 1 N–H and O–H groups in total. The second-order valence-electron chi connectivity index (χ2n) is 4.35. The Morgan fingerprint density at radius 1 is 1.43 bits per heavy atom. The molecule has 14 heavy (non-hydrogen) atoms. The van der Waals surface area contributed by atoms with Crippen molar-refractivity contribution in [2.45, 2.75) is 51.1 Å². The summed E-state index contributed by atoms with van der Waals surface area (Å²) < 4.78 is 0. The van der Waals surface area contributed by atoms with Crippen LogP contribution in [0.2, 0.25) is 0 Å². The van der Waals surface area contributed by atoms with E-state index in [1.165, 1.54) is 25.7 Å². The molecule has 2 rings (SSSR count). The monoisotopic (exact) mass is 196 g/mol. The van der Waals surface area contributed by atoms with E-state index in [0.717, 1.165) is 13.1 Å². The molecule has 0 unspecified atom stereocenters. The van der Waals surface area contributed by atoms with Crippen LogP contribution >= 0.6 is 0 Å². The van der Waals surface area contributed by atoms with Gasteiger partial charge in [-0.1, -0.05) is 6.92 Å². The molecule has 0 bridgehead atoms. The third kappa shape index (κ3) is 1.78. The minimum atomic E-state index is 0.334. The molecule has 0 radical (unpaired) electrons. The lowest BCUT2D eigenvalue weighted by molar-refractivity contribution is -0.132. The van der Waals surface area contributed by atoms with Crippen molar-refractivity contribution < 1.29 is 4.79 Å². The van der Waals surface area contributed by atoms with E-state index in [2.05, 4.69) is 10.2 Å². The lowest BCUT2D eigenvalue weighted by Gasteiger charge is -2.29. The van der Waals surface area contributed by atoms with E-state index in [1.54, 1.807) is 0 Å². The molecule has 3 nitrogen and oxygen atoms in total. The van der Waals surface area contributed by atoms with Gasteiger partial charge in [-0.2, -0.15) is 0 Å². The van der Waals surface area contributed by atoms with Gasteiger partial charge in [-0.3, -0.25) is 4.79 Å². The quantitative estimate of drug-likeness (QED) is 0.718. The van der Waals surface area contributed by atoms with Crippen molar-refractivity contribution in [3.8, 4) is 0 Å². The molecule has 2 heterocycles. The van der Waals surface area contributed by atoms with Gasteiger partial charge in [0.1, 0.15) is 0 Å². The fourth-order valence-electron chi connectivity index (χ4n) is 2.76. The van der Waals surface area contributed by atoms with Crippen LogP contribution in [0.3, 0.4) is 0 Å². The summed E-state index contributed by atoms with van der Waals surface area (Å²) in [4.78, 5) is 13.8. The van der Waals surface area contributed by atoms with Gasteiger partial charge in [0.2, 0.25) is 5.91 Å². The lowest BCUT2D eigenvalue weighted by Crippen LogP contribution is -2.46. The van der Waals surface area contributed by atoms with Gasteiger partial charge in [0.25, 0.3) is 0 Å². The van der Waals surface area contributed by atoms with Crippen molar-refractivity contribution in [2.24, 2.45) is 0 Å². The Balaban J connectivity index is 1.98. The fraction of sp³-hybridized carbons (Fsp3) is 0.909. The minimum absolute atomic E-state index is 0.334. The highest BCUT2D eigenvalue weighted by Gasteiger charge is 2.34. The van der Waals surface area contributed by atoms with Crippen LogP contribution in [0.1, 0.15) is 39.0 Å². The second kappa shape index (κ2) is 4.30. The molecule has 0 saturated carbocycles. The van der Waals surface area contributed by atoms with Crippen molar-refractivity contribution in [1.82, 2.24) is 10.2 Å². The highest BCUT2D eigenvalue weighted by atomic mass is 16.2. The molecular formula is C11H20N2O. The number of carbonyl (C=O) groups is 1.